The number of ether oxygens (including phenoxy) is 2. The molecule has 27 heavy (non-hydrogen) atoms. The van der Waals surface area contributed by atoms with E-state index in [1.807, 2.05) is 0 Å². The Morgan fingerprint density at radius 2 is 1.89 bits per heavy atom. The number of anilines is 1. The lowest BCUT2D eigenvalue weighted by atomic mass is 10.2. The summed E-state index contributed by atoms with van der Waals surface area (Å²) in [7, 11) is -2.35. The van der Waals surface area contributed by atoms with E-state index in [1.54, 1.807) is 24.3 Å². The second-order valence-corrected chi connectivity index (χ2v) is 9.35. The SMILES string of the molecule is COc1ccc(NS(=O)(=O)c2cccc(C(=O)OC[C@H]3CC3(Cl)Cl)c2)cc1. The van der Waals surface area contributed by atoms with Gasteiger partial charge in [-0.2, -0.15) is 0 Å². The van der Waals surface area contributed by atoms with Gasteiger partial charge in [-0.05, 0) is 48.9 Å². The third-order valence-corrected chi connectivity index (χ3v) is 6.40. The normalized spacial score (nSPS) is 17.8. The van der Waals surface area contributed by atoms with Crippen LogP contribution in [0.5, 0.6) is 5.75 Å². The predicted molar refractivity (Wildman–Crippen MR) is 103 cm³/mol. The van der Waals surface area contributed by atoms with Crippen molar-refractivity contribution in [3.8, 4) is 5.75 Å². The van der Waals surface area contributed by atoms with Crippen molar-refractivity contribution >= 4 is 44.9 Å². The van der Waals surface area contributed by atoms with Crippen LogP contribution in [0.25, 0.3) is 0 Å². The molecular formula is C18H17Cl2NO5S. The zero-order valence-electron chi connectivity index (χ0n) is 14.3. The summed E-state index contributed by atoms with van der Waals surface area (Å²) < 4.78 is 36.9. The fourth-order valence-electron chi connectivity index (χ4n) is 2.37. The van der Waals surface area contributed by atoms with E-state index in [0.29, 0.717) is 17.9 Å². The van der Waals surface area contributed by atoms with Crippen molar-refractivity contribution < 1.29 is 22.7 Å². The summed E-state index contributed by atoms with van der Waals surface area (Å²) in [4.78, 5) is 12.1. The largest absolute Gasteiger partial charge is 0.497 e. The third-order valence-electron chi connectivity index (χ3n) is 4.09. The Balaban J connectivity index is 1.70. The maximum absolute atomic E-state index is 12.6. The van der Waals surface area contributed by atoms with Crippen molar-refractivity contribution in [1.29, 1.82) is 0 Å². The number of halogens is 2. The van der Waals surface area contributed by atoms with Crippen molar-refractivity contribution in [3.63, 3.8) is 0 Å². The van der Waals surface area contributed by atoms with Crippen LogP contribution >= 0.6 is 23.2 Å². The minimum Gasteiger partial charge on any atom is -0.497 e. The van der Waals surface area contributed by atoms with E-state index in [9.17, 15) is 13.2 Å². The summed E-state index contributed by atoms with van der Waals surface area (Å²) in [6.45, 7) is 0.0902. The molecule has 0 aliphatic heterocycles. The molecule has 1 atom stereocenters. The van der Waals surface area contributed by atoms with Crippen LogP contribution in [0.2, 0.25) is 0 Å². The Hall–Kier alpha value is -1.96. The molecule has 2 aromatic carbocycles. The molecule has 0 aromatic heterocycles. The van der Waals surface area contributed by atoms with Crippen molar-refractivity contribution in [3.05, 3.63) is 54.1 Å². The van der Waals surface area contributed by atoms with Crippen molar-refractivity contribution in [2.45, 2.75) is 15.6 Å². The molecule has 0 unspecified atom stereocenters. The highest BCUT2D eigenvalue weighted by atomic mass is 35.5. The summed E-state index contributed by atoms with van der Waals surface area (Å²) in [5.74, 6) is -0.128. The van der Waals surface area contributed by atoms with Crippen molar-refractivity contribution in [2.75, 3.05) is 18.4 Å². The van der Waals surface area contributed by atoms with E-state index < -0.39 is 20.3 Å². The smallest absolute Gasteiger partial charge is 0.338 e. The summed E-state index contributed by atoms with van der Waals surface area (Å²) >= 11 is 11.8. The highest BCUT2D eigenvalue weighted by Crippen LogP contribution is 2.53. The molecule has 2 aromatic rings. The molecule has 0 amide bonds. The molecule has 1 aliphatic rings. The van der Waals surface area contributed by atoms with Gasteiger partial charge in [-0.3, -0.25) is 4.72 Å². The molecule has 1 N–H and O–H groups in total. The Labute approximate surface area is 167 Å². The predicted octanol–water partition coefficient (Wildman–Crippen LogP) is 3.85. The van der Waals surface area contributed by atoms with E-state index in [2.05, 4.69) is 4.72 Å². The summed E-state index contributed by atoms with van der Waals surface area (Å²) in [6, 6.07) is 12.0. The molecule has 1 saturated carbocycles. The van der Waals surface area contributed by atoms with Gasteiger partial charge in [0.1, 0.15) is 10.1 Å². The lowest BCUT2D eigenvalue weighted by Crippen LogP contribution is -2.15. The first-order valence-corrected chi connectivity index (χ1v) is 10.3. The number of hydrogen-bond donors (Lipinski definition) is 1. The Morgan fingerprint density at radius 3 is 2.48 bits per heavy atom. The molecule has 3 rings (SSSR count). The van der Waals surface area contributed by atoms with Gasteiger partial charge >= 0.3 is 5.97 Å². The average Bonchev–Trinajstić information content (AvgIpc) is 3.27. The maximum atomic E-state index is 12.6. The van der Waals surface area contributed by atoms with Crippen molar-refractivity contribution in [1.82, 2.24) is 0 Å². The summed E-state index contributed by atoms with van der Waals surface area (Å²) in [5.41, 5.74) is 0.501. The van der Waals surface area contributed by atoms with Crippen LogP contribution < -0.4 is 9.46 Å². The second-order valence-electron chi connectivity index (χ2n) is 6.12. The number of benzene rings is 2. The van der Waals surface area contributed by atoms with Crippen LogP contribution in [0.3, 0.4) is 0 Å². The fraction of sp³-hybridized carbons (Fsp3) is 0.278. The van der Waals surface area contributed by atoms with Crippen LogP contribution in [-0.4, -0.2) is 32.4 Å². The lowest BCUT2D eigenvalue weighted by Gasteiger charge is -2.10. The van der Waals surface area contributed by atoms with Gasteiger partial charge in [-0.25, -0.2) is 13.2 Å². The van der Waals surface area contributed by atoms with Gasteiger partial charge in [0.15, 0.2) is 0 Å². The van der Waals surface area contributed by atoms with E-state index in [0.717, 1.165) is 0 Å². The molecule has 1 fully saturated rings. The number of nitrogens with one attached hydrogen (secondary N) is 1. The monoisotopic (exact) mass is 429 g/mol. The highest BCUT2D eigenvalue weighted by Gasteiger charge is 2.52. The Bertz CT molecular complexity index is 944. The van der Waals surface area contributed by atoms with Gasteiger partial charge < -0.3 is 9.47 Å². The molecule has 1 aliphatic carbocycles. The molecule has 0 radical (unpaired) electrons. The molecule has 0 spiro atoms. The van der Waals surface area contributed by atoms with Gasteiger partial charge in [0, 0.05) is 11.6 Å². The average molecular weight is 430 g/mol. The summed E-state index contributed by atoms with van der Waals surface area (Å²) in [6.07, 6.45) is 0.559. The first kappa shape index (κ1) is 19.8. The van der Waals surface area contributed by atoms with E-state index in [4.69, 9.17) is 32.7 Å². The number of carbonyl (C=O) groups is 1. The highest BCUT2D eigenvalue weighted by molar-refractivity contribution is 7.92. The number of rotatable bonds is 7. The molecule has 9 heteroatoms. The standard InChI is InChI=1S/C18H17Cl2NO5S/c1-25-15-7-5-14(6-8-15)21-27(23,24)16-4-2-3-12(9-16)17(22)26-11-13-10-18(13,19)20/h2-9,13,21H,10-11H2,1H3/t13-/m1/s1. The Kier molecular flexibility index (Phi) is 5.55. The van der Waals surface area contributed by atoms with Gasteiger partial charge in [0.05, 0.1) is 24.2 Å². The van der Waals surface area contributed by atoms with E-state index in [1.165, 1.54) is 31.4 Å². The molecule has 6 nitrogen and oxygen atoms in total. The van der Waals surface area contributed by atoms with Crippen molar-refractivity contribution in [2.24, 2.45) is 5.92 Å². The number of esters is 1. The van der Waals surface area contributed by atoms with Gasteiger partial charge in [-0.1, -0.05) is 6.07 Å². The zero-order chi connectivity index (χ0) is 19.7. The lowest BCUT2D eigenvalue weighted by molar-refractivity contribution is 0.0485. The van der Waals surface area contributed by atoms with Gasteiger partial charge in [0.25, 0.3) is 10.0 Å². The number of methoxy groups -OCH3 is 1. The van der Waals surface area contributed by atoms with Crippen LogP contribution in [0.4, 0.5) is 5.69 Å². The first-order valence-electron chi connectivity index (χ1n) is 8.03. The fourth-order valence-corrected chi connectivity index (χ4v) is 3.98. The first-order chi connectivity index (χ1) is 12.7. The van der Waals surface area contributed by atoms with Gasteiger partial charge in [0.2, 0.25) is 0 Å². The van der Waals surface area contributed by atoms with Crippen LogP contribution in [0.15, 0.2) is 53.4 Å². The minimum absolute atomic E-state index is 0.0526. The van der Waals surface area contributed by atoms with Crippen LogP contribution in [-0.2, 0) is 14.8 Å². The quantitative estimate of drug-likeness (QED) is 0.533. The van der Waals surface area contributed by atoms with E-state index in [-0.39, 0.29) is 23.0 Å². The second kappa shape index (κ2) is 7.58. The van der Waals surface area contributed by atoms with E-state index >= 15 is 0 Å². The third kappa shape index (κ3) is 4.86. The molecule has 0 saturated heterocycles. The number of hydrogen-bond acceptors (Lipinski definition) is 5. The zero-order valence-corrected chi connectivity index (χ0v) is 16.6. The molecule has 0 heterocycles. The number of carbonyl (C=O) groups excluding carboxylic acids is 1. The number of alkyl halides is 2. The molecule has 144 valence electrons. The maximum Gasteiger partial charge on any atom is 0.338 e. The molecular weight excluding hydrogens is 413 g/mol. The topological polar surface area (TPSA) is 81.7 Å². The molecule has 0 bridgehead atoms. The van der Waals surface area contributed by atoms with Gasteiger partial charge in [-0.15, -0.1) is 23.2 Å². The summed E-state index contributed by atoms with van der Waals surface area (Å²) in [5, 5.41) is 0. The Morgan fingerprint density at radius 1 is 1.22 bits per heavy atom. The minimum atomic E-state index is -3.87. The number of sulfonamides is 1. The van der Waals surface area contributed by atoms with Crippen LogP contribution in [0, 0.1) is 5.92 Å². The van der Waals surface area contributed by atoms with Crippen LogP contribution in [0.1, 0.15) is 16.8 Å².